The highest BCUT2D eigenvalue weighted by atomic mass is 32.1. The van der Waals surface area contributed by atoms with E-state index in [0.717, 1.165) is 21.8 Å². The van der Waals surface area contributed by atoms with Crippen LogP contribution in [0.25, 0.3) is 0 Å². The summed E-state index contributed by atoms with van der Waals surface area (Å²) in [5.74, 6) is 0.822. The summed E-state index contributed by atoms with van der Waals surface area (Å²) >= 11 is 1.61. The molecule has 0 fully saturated rings. The summed E-state index contributed by atoms with van der Waals surface area (Å²) in [6.07, 6.45) is 0.913. The van der Waals surface area contributed by atoms with E-state index in [1.807, 2.05) is 73.5 Å². The molecule has 30 heavy (non-hydrogen) atoms. The number of carbonyl (C=O) groups is 2. The molecule has 0 aliphatic heterocycles. The van der Waals surface area contributed by atoms with Crippen molar-refractivity contribution in [3.8, 4) is 0 Å². The Balaban J connectivity index is 2.25. The molecule has 1 heterocycles. The third-order valence-electron chi connectivity index (χ3n) is 4.64. The van der Waals surface area contributed by atoms with Crippen LogP contribution in [0.4, 0.5) is 11.4 Å². The van der Waals surface area contributed by atoms with Crippen LogP contribution in [0.15, 0.2) is 35.7 Å². The van der Waals surface area contributed by atoms with Gasteiger partial charge in [-0.05, 0) is 47.0 Å². The lowest BCUT2D eigenvalue weighted by Crippen LogP contribution is -2.35. The lowest BCUT2D eigenvalue weighted by atomic mass is 10.1. The van der Waals surface area contributed by atoms with E-state index in [2.05, 4.69) is 19.2 Å². The van der Waals surface area contributed by atoms with Gasteiger partial charge in [0.2, 0.25) is 11.8 Å². The summed E-state index contributed by atoms with van der Waals surface area (Å²) in [5, 5.41) is 5.00. The Morgan fingerprint density at radius 2 is 1.80 bits per heavy atom. The minimum Gasteiger partial charge on any atom is -0.377 e. The molecule has 164 valence electrons. The van der Waals surface area contributed by atoms with Gasteiger partial charge in [0.25, 0.3) is 0 Å². The van der Waals surface area contributed by atoms with Crippen molar-refractivity contribution in [2.24, 2.45) is 11.8 Å². The van der Waals surface area contributed by atoms with E-state index in [9.17, 15) is 9.59 Å². The monoisotopic (exact) mass is 429 g/mol. The minimum atomic E-state index is 0.0151. The van der Waals surface area contributed by atoms with Crippen LogP contribution in [0.1, 0.15) is 44.6 Å². The number of nitrogens with zero attached hydrogens (tertiary/aromatic N) is 2. The number of anilines is 2. The van der Waals surface area contributed by atoms with Gasteiger partial charge >= 0.3 is 0 Å². The molecule has 0 aliphatic carbocycles. The van der Waals surface area contributed by atoms with Crippen molar-refractivity contribution < 1.29 is 9.59 Å². The number of benzene rings is 1. The van der Waals surface area contributed by atoms with Gasteiger partial charge in [-0.2, -0.15) is 0 Å². The van der Waals surface area contributed by atoms with Crippen molar-refractivity contribution in [3.63, 3.8) is 0 Å². The summed E-state index contributed by atoms with van der Waals surface area (Å²) in [5.41, 5.74) is 2.86. The summed E-state index contributed by atoms with van der Waals surface area (Å²) in [4.78, 5) is 30.4. The van der Waals surface area contributed by atoms with Gasteiger partial charge in [-0.25, -0.2) is 0 Å². The van der Waals surface area contributed by atoms with Crippen LogP contribution >= 0.6 is 11.3 Å². The van der Waals surface area contributed by atoms with Gasteiger partial charge in [0.15, 0.2) is 0 Å². The van der Waals surface area contributed by atoms with Crippen LogP contribution in [0, 0.1) is 11.8 Å². The van der Waals surface area contributed by atoms with Gasteiger partial charge in [0, 0.05) is 49.9 Å². The minimum absolute atomic E-state index is 0.0151. The molecule has 6 heteroatoms. The van der Waals surface area contributed by atoms with E-state index in [4.69, 9.17) is 0 Å². The number of hydrogen-bond donors (Lipinski definition) is 1. The van der Waals surface area contributed by atoms with Crippen molar-refractivity contribution in [3.05, 3.63) is 46.2 Å². The number of thiophene rings is 1. The molecule has 2 amide bonds. The molecule has 2 rings (SSSR count). The molecule has 0 spiro atoms. The third-order valence-corrected chi connectivity index (χ3v) is 5.52. The molecule has 0 unspecified atom stereocenters. The summed E-state index contributed by atoms with van der Waals surface area (Å²) in [6, 6.07) is 9.92. The van der Waals surface area contributed by atoms with E-state index < -0.39 is 0 Å². The summed E-state index contributed by atoms with van der Waals surface area (Å²) in [7, 11) is 3.99. The first kappa shape index (κ1) is 23.9. The van der Waals surface area contributed by atoms with Crippen molar-refractivity contribution in [1.82, 2.24) is 4.90 Å². The maximum absolute atomic E-state index is 13.1. The molecule has 0 atom stereocenters. The fourth-order valence-electron chi connectivity index (χ4n) is 3.38. The first-order valence-electron chi connectivity index (χ1n) is 10.6. The lowest BCUT2D eigenvalue weighted by Gasteiger charge is -2.27. The summed E-state index contributed by atoms with van der Waals surface area (Å²) in [6.45, 7) is 9.53. The zero-order valence-corrected chi connectivity index (χ0v) is 19.9. The normalized spacial score (nSPS) is 11.1. The van der Waals surface area contributed by atoms with Crippen molar-refractivity contribution >= 4 is 34.5 Å². The SMILES string of the molecule is CC(C)CC(=O)Nc1ccc(N(C)C)c(CN(CC(C)C)C(=O)Cc2cccs2)c1. The maximum atomic E-state index is 13.1. The Hall–Kier alpha value is -2.34. The molecule has 0 saturated carbocycles. The van der Waals surface area contributed by atoms with Gasteiger partial charge in [-0.1, -0.05) is 33.8 Å². The fourth-order valence-corrected chi connectivity index (χ4v) is 4.08. The second-order valence-electron chi connectivity index (χ2n) is 8.81. The van der Waals surface area contributed by atoms with Crippen LogP contribution in [0.3, 0.4) is 0 Å². The van der Waals surface area contributed by atoms with Crippen LogP contribution in [0.2, 0.25) is 0 Å². The quantitative estimate of drug-likeness (QED) is 0.576. The highest BCUT2D eigenvalue weighted by Gasteiger charge is 2.19. The third kappa shape index (κ3) is 7.48. The number of rotatable bonds is 10. The molecule has 0 aliphatic rings. The van der Waals surface area contributed by atoms with Crippen LogP contribution in [0.5, 0.6) is 0 Å². The molecule has 0 saturated heterocycles. The highest BCUT2D eigenvalue weighted by molar-refractivity contribution is 7.10. The van der Waals surface area contributed by atoms with Gasteiger partial charge in [0.1, 0.15) is 0 Å². The lowest BCUT2D eigenvalue weighted by molar-refractivity contribution is -0.131. The van der Waals surface area contributed by atoms with Crippen LogP contribution in [-0.2, 0) is 22.6 Å². The van der Waals surface area contributed by atoms with Gasteiger partial charge < -0.3 is 15.1 Å². The molecule has 0 radical (unpaired) electrons. The Morgan fingerprint density at radius 1 is 1.07 bits per heavy atom. The van der Waals surface area contributed by atoms with E-state index in [1.54, 1.807) is 11.3 Å². The van der Waals surface area contributed by atoms with Crippen LogP contribution in [-0.4, -0.2) is 37.4 Å². The highest BCUT2D eigenvalue weighted by Crippen LogP contribution is 2.26. The predicted molar refractivity (Wildman–Crippen MR) is 127 cm³/mol. The number of nitrogens with one attached hydrogen (secondary N) is 1. The van der Waals surface area contributed by atoms with E-state index in [1.165, 1.54) is 0 Å². The molecular weight excluding hydrogens is 394 g/mol. The van der Waals surface area contributed by atoms with E-state index in [0.29, 0.717) is 37.8 Å². The molecule has 5 nitrogen and oxygen atoms in total. The second-order valence-corrected chi connectivity index (χ2v) is 9.84. The first-order valence-corrected chi connectivity index (χ1v) is 11.4. The van der Waals surface area contributed by atoms with Crippen molar-refractivity contribution in [1.29, 1.82) is 0 Å². The maximum Gasteiger partial charge on any atom is 0.228 e. The van der Waals surface area contributed by atoms with Crippen molar-refractivity contribution in [2.75, 3.05) is 30.9 Å². The fraction of sp³-hybridized carbons (Fsp3) is 0.500. The Bertz CT molecular complexity index is 829. The predicted octanol–water partition coefficient (Wildman–Crippen LogP) is 5.03. The molecule has 1 aromatic heterocycles. The smallest absolute Gasteiger partial charge is 0.228 e. The molecule has 0 bridgehead atoms. The van der Waals surface area contributed by atoms with Gasteiger partial charge in [-0.3, -0.25) is 9.59 Å². The average molecular weight is 430 g/mol. The largest absolute Gasteiger partial charge is 0.377 e. The number of hydrogen-bond acceptors (Lipinski definition) is 4. The van der Waals surface area contributed by atoms with Crippen molar-refractivity contribution in [2.45, 2.75) is 47.1 Å². The summed E-state index contributed by atoms with van der Waals surface area (Å²) < 4.78 is 0. The average Bonchev–Trinajstić information content (AvgIpc) is 3.12. The first-order chi connectivity index (χ1) is 14.2. The molecular formula is C24H35N3O2S. The number of amides is 2. The molecule has 2 aromatic rings. The zero-order valence-electron chi connectivity index (χ0n) is 19.1. The van der Waals surface area contributed by atoms with Gasteiger partial charge in [0.05, 0.1) is 6.42 Å². The Morgan fingerprint density at radius 3 is 2.37 bits per heavy atom. The Kier molecular flexibility index (Phi) is 8.90. The topological polar surface area (TPSA) is 52.7 Å². The van der Waals surface area contributed by atoms with Crippen LogP contribution < -0.4 is 10.2 Å². The second kappa shape index (κ2) is 11.2. The number of carbonyl (C=O) groups excluding carboxylic acids is 2. The van der Waals surface area contributed by atoms with E-state index in [-0.39, 0.29) is 11.8 Å². The van der Waals surface area contributed by atoms with E-state index >= 15 is 0 Å². The zero-order chi connectivity index (χ0) is 22.3. The standard InChI is InChI=1S/C24H35N3O2S/c1-17(2)12-23(28)25-20-9-10-22(26(5)6)19(13-20)16-27(15-18(3)4)24(29)14-21-8-7-11-30-21/h7-11,13,17-18H,12,14-16H2,1-6H3,(H,25,28). The molecule has 1 aromatic carbocycles. The molecule has 1 N–H and O–H groups in total. The Labute approximate surface area is 185 Å². The van der Waals surface area contributed by atoms with Gasteiger partial charge in [-0.15, -0.1) is 11.3 Å².